The summed E-state index contributed by atoms with van der Waals surface area (Å²) in [5, 5.41) is 19.8. The van der Waals surface area contributed by atoms with Crippen LogP contribution in [0.5, 0.6) is 0 Å². The van der Waals surface area contributed by atoms with Crippen molar-refractivity contribution in [3.63, 3.8) is 0 Å². The van der Waals surface area contributed by atoms with Crippen LogP contribution in [0.25, 0.3) is 10.4 Å². The Hall–Kier alpha value is -2.53. The van der Waals surface area contributed by atoms with E-state index < -0.39 is 22.2 Å². The number of hydrogen-bond donors (Lipinski definition) is 1. The highest BCUT2D eigenvalue weighted by Gasteiger charge is 2.24. The lowest BCUT2D eigenvalue weighted by molar-refractivity contribution is -0.384. The van der Waals surface area contributed by atoms with Gasteiger partial charge in [0.15, 0.2) is 11.6 Å². The number of nitro groups is 1. The number of nitro benzene ring substituents is 1. The van der Waals surface area contributed by atoms with E-state index in [1.807, 2.05) is 6.07 Å². The van der Waals surface area contributed by atoms with E-state index in [0.29, 0.717) is 11.6 Å². The molecule has 1 heterocycles. The molecule has 0 saturated heterocycles. The highest BCUT2D eigenvalue weighted by atomic mass is 32.1. The number of benzene rings is 1. The Kier molecular flexibility index (Phi) is 3.38. The van der Waals surface area contributed by atoms with Crippen LogP contribution in [0.1, 0.15) is 10.4 Å². The fourth-order valence-corrected chi connectivity index (χ4v) is 2.78. The average molecular weight is 295 g/mol. The SMILES string of the molecule is Cc1c(-c2cc(F)c(F)cc2[N+](=O)[O-])sc(C#N)c1N. The lowest BCUT2D eigenvalue weighted by atomic mass is 10.1. The second-order valence-electron chi connectivity index (χ2n) is 3.95. The van der Waals surface area contributed by atoms with Crippen molar-refractivity contribution in [3.8, 4) is 16.5 Å². The molecular formula is C12H7F2N3O2S. The van der Waals surface area contributed by atoms with Gasteiger partial charge < -0.3 is 5.73 Å². The maximum Gasteiger partial charge on any atom is 0.281 e. The van der Waals surface area contributed by atoms with Crippen LogP contribution in [0.2, 0.25) is 0 Å². The zero-order valence-electron chi connectivity index (χ0n) is 10.1. The van der Waals surface area contributed by atoms with Gasteiger partial charge in [-0.25, -0.2) is 8.78 Å². The number of nitrogens with zero attached hydrogens (tertiary/aromatic N) is 2. The van der Waals surface area contributed by atoms with Gasteiger partial charge in [0, 0.05) is 4.88 Å². The molecule has 0 fully saturated rings. The Bertz CT molecular complexity index is 765. The normalized spacial score (nSPS) is 10.3. The van der Waals surface area contributed by atoms with Gasteiger partial charge in [0.2, 0.25) is 0 Å². The molecule has 0 spiro atoms. The first-order chi connectivity index (χ1) is 9.36. The predicted octanol–water partition coefficient (Wildman–Crippen LogP) is 3.36. The van der Waals surface area contributed by atoms with Crippen molar-refractivity contribution in [3.05, 3.63) is 44.3 Å². The van der Waals surface area contributed by atoms with Crippen molar-refractivity contribution in [1.82, 2.24) is 0 Å². The van der Waals surface area contributed by atoms with Gasteiger partial charge in [-0.3, -0.25) is 10.1 Å². The topological polar surface area (TPSA) is 93.0 Å². The fourth-order valence-electron chi connectivity index (χ4n) is 1.74. The molecule has 0 aliphatic carbocycles. The molecule has 0 aliphatic heterocycles. The van der Waals surface area contributed by atoms with Gasteiger partial charge in [-0.15, -0.1) is 11.3 Å². The first-order valence-electron chi connectivity index (χ1n) is 5.29. The second kappa shape index (κ2) is 4.86. The van der Waals surface area contributed by atoms with Crippen molar-refractivity contribution in [2.75, 3.05) is 5.73 Å². The zero-order chi connectivity index (χ0) is 15.0. The maximum atomic E-state index is 13.3. The van der Waals surface area contributed by atoms with Crippen LogP contribution in [0.3, 0.4) is 0 Å². The third-order valence-electron chi connectivity index (χ3n) is 2.77. The molecule has 5 nitrogen and oxygen atoms in total. The third kappa shape index (κ3) is 2.08. The minimum atomic E-state index is -1.30. The van der Waals surface area contributed by atoms with Gasteiger partial charge in [0.1, 0.15) is 10.9 Å². The summed E-state index contributed by atoms with van der Waals surface area (Å²) in [6, 6.07) is 3.12. The van der Waals surface area contributed by atoms with Crippen LogP contribution >= 0.6 is 11.3 Å². The summed E-state index contributed by atoms with van der Waals surface area (Å²) in [6.07, 6.45) is 0. The van der Waals surface area contributed by atoms with E-state index in [9.17, 15) is 18.9 Å². The van der Waals surface area contributed by atoms with Gasteiger partial charge in [-0.1, -0.05) is 0 Å². The number of nitrogen functional groups attached to an aromatic ring is 1. The van der Waals surface area contributed by atoms with Gasteiger partial charge in [0.05, 0.1) is 22.2 Å². The van der Waals surface area contributed by atoms with Crippen LogP contribution in [0.4, 0.5) is 20.2 Å². The van der Waals surface area contributed by atoms with Gasteiger partial charge in [-0.2, -0.15) is 5.26 Å². The molecule has 1 aromatic heterocycles. The number of thiophene rings is 1. The Morgan fingerprint density at radius 2 is 2.00 bits per heavy atom. The highest BCUT2D eigenvalue weighted by Crippen LogP contribution is 2.42. The molecule has 2 N–H and O–H groups in total. The predicted molar refractivity (Wildman–Crippen MR) is 70.2 cm³/mol. The van der Waals surface area contributed by atoms with Gasteiger partial charge in [0.25, 0.3) is 5.69 Å². The summed E-state index contributed by atoms with van der Waals surface area (Å²) < 4.78 is 26.5. The second-order valence-corrected chi connectivity index (χ2v) is 4.97. The fraction of sp³-hybridized carbons (Fsp3) is 0.0833. The van der Waals surface area contributed by atoms with Gasteiger partial charge >= 0.3 is 0 Å². The largest absolute Gasteiger partial charge is 0.397 e. The van der Waals surface area contributed by atoms with E-state index in [1.54, 1.807) is 6.92 Å². The number of nitriles is 1. The molecule has 0 aliphatic rings. The first-order valence-corrected chi connectivity index (χ1v) is 6.11. The molecule has 0 unspecified atom stereocenters. The summed E-state index contributed by atoms with van der Waals surface area (Å²) in [5.41, 5.74) is 5.65. The molecule has 0 radical (unpaired) electrons. The molecule has 1 aromatic carbocycles. The van der Waals surface area contributed by atoms with Gasteiger partial charge in [-0.05, 0) is 18.6 Å². The summed E-state index contributed by atoms with van der Waals surface area (Å²) in [6.45, 7) is 1.56. The van der Waals surface area contributed by atoms with Crippen molar-refractivity contribution >= 4 is 22.7 Å². The van der Waals surface area contributed by atoms with E-state index >= 15 is 0 Å². The number of nitrogens with two attached hydrogens (primary N) is 1. The Morgan fingerprint density at radius 1 is 1.40 bits per heavy atom. The van der Waals surface area contributed by atoms with Crippen LogP contribution in [0.15, 0.2) is 12.1 Å². The molecule has 8 heteroatoms. The molecule has 20 heavy (non-hydrogen) atoms. The zero-order valence-corrected chi connectivity index (χ0v) is 10.9. The summed E-state index contributed by atoms with van der Waals surface area (Å²) in [7, 11) is 0. The average Bonchev–Trinajstić information content (AvgIpc) is 2.68. The molecule has 0 saturated carbocycles. The number of anilines is 1. The molecular weight excluding hydrogens is 288 g/mol. The lowest BCUT2D eigenvalue weighted by Crippen LogP contribution is -1.96. The van der Waals surface area contributed by atoms with Crippen molar-refractivity contribution in [2.45, 2.75) is 6.92 Å². The van der Waals surface area contributed by atoms with E-state index in [0.717, 1.165) is 17.4 Å². The number of halogens is 2. The van der Waals surface area contributed by atoms with Crippen LogP contribution < -0.4 is 5.73 Å². The Labute approximate surface area is 116 Å². The molecule has 102 valence electrons. The molecule has 0 bridgehead atoms. The van der Waals surface area contributed by atoms with E-state index in [-0.39, 0.29) is 21.0 Å². The van der Waals surface area contributed by atoms with E-state index in [4.69, 9.17) is 11.0 Å². The molecule has 2 aromatic rings. The van der Waals surface area contributed by atoms with Crippen LogP contribution in [-0.4, -0.2) is 4.92 Å². The van der Waals surface area contributed by atoms with E-state index in [2.05, 4.69) is 0 Å². The maximum absolute atomic E-state index is 13.3. The van der Waals surface area contributed by atoms with Crippen molar-refractivity contribution in [2.24, 2.45) is 0 Å². The third-order valence-corrected chi connectivity index (χ3v) is 4.02. The molecule has 0 atom stereocenters. The summed E-state index contributed by atoms with van der Waals surface area (Å²) >= 11 is 0.906. The highest BCUT2D eigenvalue weighted by molar-refractivity contribution is 7.16. The monoisotopic (exact) mass is 295 g/mol. The van der Waals surface area contributed by atoms with Crippen molar-refractivity contribution < 1.29 is 13.7 Å². The Balaban J connectivity index is 2.79. The first kappa shape index (κ1) is 13.9. The van der Waals surface area contributed by atoms with Crippen LogP contribution in [0, 0.1) is 40.0 Å². The van der Waals surface area contributed by atoms with E-state index in [1.165, 1.54) is 0 Å². The minimum absolute atomic E-state index is 0.0930. The molecule has 0 amide bonds. The minimum Gasteiger partial charge on any atom is -0.397 e. The summed E-state index contributed by atoms with van der Waals surface area (Å²) in [4.78, 5) is 10.6. The quantitative estimate of drug-likeness (QED) is 0.679. The Morgan fingerprint density at radius 3 is 2.50 bits per heavy atom. The van der Waals surface area contributed by atoms with Crippen LogP contribution in [-0.2, 0) is 0 Å². The standard InChI is InChI=1S/C12H7F2N3O2S/c1-5-11(16)10(4-15)20-12(5)6-2-7(13)8(14)3-9(6)17(18)19/h2-3H,16H2,1H3. The molecule has 2 rings (SSSR count). The lowest BCUT2D eigenvalue weighted by Gasteiger charge is -2.03. The summed E-state index contributed by atoms with van der Waals surface area (Å²) in [5.74, 6) is -2.50. The smallest absolute Gasteiger partial charge is 0.281 e. The van der Waals surface area contributed by atoms with Crippen molar-refractivity contribution in [1.29, 1.82) is 5.26 Å². The number of hydrogen-bond acceptors (Lipinski definition) is 5. The number of rotatable bonds is 2.